The van der Waals surface area contributed by atoms with Gasteiger partial charge >= 0.3 is 0 Å². The largest absolute Gasteiger partial charge is 0.497 e. The number of allylic oxidation sites excluding steroid dienone is 3. The maximum Gasteiger partial charge on any atom is 0.110 e. The average Bonchev–Trinajstić information content (AvgIpc) is 1.99. The zero-order chi connectivity index (χ0) is 8.27. The van der Waals surface area contributed by atoms with E-state index in [2.05, 4.69) is 22.5 Å². The van der Waals surface area contributed by atoms with Crippen molar-refractivity contribution in [2.45, 2.75) is 26.2 Å². The van der Waals surface area contributed by atoms with E-state index in [1.165, 1.54) is 12.0 Å². The second-order valence-electron chi connectivity index (χ2n) is 2.63. The summed E-state index contributed by atoms with van der Waals surface area (Å²) in [5, 5.41) is 0. The smallest absolute Gasteiger partial charge is 0.110 e. The third kappa shape index (κ3) is 2.09. The summed E-state index contributed by atoms with van der Waals surface area (Å²) in [6.07, 6.45) is 3.31. The van der Waals surface area contributed by atoms with Gasteiger partial charge in [-0.15, -0.1) is 0 Å². The lowest BCUT2D eigenvalue weighted by Crippen LogP contribution is -2.01. The molecule has 0 saturated heterocycles. The molecule has 1 aliphatic rings. The van der Waals surface area contributed by atoms with Crippen molar-refractivity contribution in [2.75, 3.05) is 6.61 Å². The Bertz CT molecular complexity index is 194. The first kappa shape index (κ1) is 8.85. The Morgan fingerprint density at radius 1 is 1.55 bits per heavy atom. The van der Waals surface area contributed by atoms with Crippen LogP contribution in [-0.2, 0) is 4.74 Å². The van der Waals surface area contributed by atoms with Crippen LogP contribution in [0.1, 0.15) is 26.2 Å². The topological polar surface area (TPSA) is 9.23 Å². The summed E-state index contributed by atoms with van der Waals surface area (Å²) in [6, 6.07) is 0. The van der Waals surface area contributed by atoms with Crippen LogP contribution >= 0.6 is 15.9 Å². The highest BCUT2D eigenvalue weighted by atomic mass is 79.9. The van der Waals surface area contributed by atoms with Crippen LogP contribution in [0.25, 0.3) is 0 Å². The van der Waals surface area contributed by atoms with Crippen molar-refractivity contribution in [1.82, 2.24) is 0 Å². The Balaban J connectivity index is 2.71. The minimum Gasteiger partial charge on any atom is -0.497 e. The van der Waals surface area contributed by atoms with Gasteiger partial charge in [0, 0.05) is 6.42 Å². The maximum absolute atomic E-state index is 5.44. The molecular weight excluding hydrogens is 204 g/mol. The monoisotopic (exact) mass is 216 g/mol. The molecule has 0 N–H and O–H groups in total. The standard InChI is InChI=1S/C9H13BrO/c1-3-11-8-6-4-5-7(2)9(8)10/h2-6H2,1H3. The second-order valence-corrected chi connectivity index (χ2v) is 3.42. The van der Waals surface area contributed by atoms with Crippen LogP contribution in [0.15, 0.2) is 22.4 Å². The molecule has 1 rings (SSSR count). The molecule has 0 aromatic carbocycles. The van der Waals surface area contributed by atoms with Crippen molar-refractivity contribution in [3.8, 4) is 0 Å². The van der Waals surface area contributed by atoms with Crippen LogP contribution in [0.5, 0.6) is 0 Å². The molecule has 0 heterocycles. The Hall–Kier alpha value is -0.240. The average molecular weight is 217 g/mol. The predicted molar refractivity (Wildman–Crippen MR) is 50.6 cm³/mol. The first-order valence-electron chi connectivity index (χ1n) is 3.95. The maximum atomic E-state index is 5.44. The zero-order valence-corrected chi connectivity index (χ0v) is 8.41. The fourth-order valence-corrected chi connectivity index (χ4v) is 1.70. The van der Waals surface area contributed by atoms with Gasteiger partial charge in [0.25, 0.3) is 0 Å². The Morgan fingerprint density at radius 3 is 2.91 bits per heavy atom. The van der Waals surface area contributed by atoms with Crippen LogP contribution < -0.4 is 0 Å². The predicted octanol–water partition coefficient (Wildman–Crippen LogP) is 3.37. The van der Waals surface area contributed by atoms with Gasteiger partial charge in [-0.1, -0.05) is 6.58 Å². The summed E-state index contributed by atoms with van der Waals surface area (Å²) in [7, 11) is 0. The molecule has 0 atom stereocenters. The Morgan fingerprint density at radius 2 is 2.27 bits per heavy atom. The molecule has 0 radical (unpaired) electrons. The zero-order valence-electron chi connectivity index (χ0n) is 6.82. The van der Waals surface area contributed by atoms with Crippen molar-refractivity contribution in [3.63, 3.8) is 0 Å². The molecule has 1 nitrogen and oxygen atoms in total. The highest BCUT2D eigenvalue weighted by Crippen LogP contribution is 2.32. The third-order valence-corrected chi connectivity index (χ3v) is 2.76. The van der Waals surface area contributed by atoms with Crippen molar-refractivity contribution >= 4 is 15.9 Å². The van der Waals surface area contributed by atoms with Crippen LogP contribution in [0, 0.1) is 0 Å². The first-order valence-corrected chi connectivity index (χ1v) is 4.74. The van der Waals surface area contributed by atoms with Crippen molar-refractivity contribution in [3.05, 3.63) is 22.4 Å². The first-order chi connectivity index (χ1) is 5.25. The van der Waals surface area contributed by atoms with Gasteiger partial charge in [-0.3, -0.25) is 0 Å². The third-order valence-electron chi connectivity index (χ3n) is 1.76. The molecule has 0 saturated carbocycles. The lowest BCUT2D eigenvalue weighted by atomic mass is 10.0. The van der Waals surface area contributed by atoms with Crippen LogP contribution in [0.2, 0.25) is 0 Å². The van der Waals surface area contributed by atoms with Gasteiger partial charge in [-0.05, 0) is 41.3 Å². The quantitative estimate of drug-likeness (QED) is 0.688. The lowest BCUT2D eigenvalue weighted by Gasteiger charge is -2.18. The molecule has 0 bridgehead atoms. The molecule has 0 spiro atoms. The number of ether oxygens (including phenoxy) is 1. The number of rotatable bonds is 2. The van der Waals surface area contributed by atoms with E-state index in [0.717, 1.165) is 29.7 Å². The SMILES string of the molecule is C=C1CCCC(OCC)=C1Br. The van der Waals surface area contributed by atoms with Gasteiger partial charge in [0.1, 0.15) is 5.76 Å². The van der Waals surface area contributed by atoms with E-state index in [1.54, 1.807) is 0 Å². The Kier molecular flexibility index (Phi) is 3.18. The minimum absolute atomic E-state index is 0.748. The molecule has 0 aromatic rings. The molecule has 0 aliphatic heterocycles. The van der Waals surface area contributed by atoms with E-state index in [-0.39, 0.29) is 0 Å². The summed E-state index contributed by atoms with van der Waals surface area (Å²) >= 11 is 3.48. The van der Waals surface area contributed by atoms with Gasteiger partial charge in [0.05, 0.1) is 11.1 Å². The van der Waals surface area contributed by atoms with Gasteiger partial charge in [-0.2, -0.15) is 0 Å². The Labute approximate surface area is 76.3 Å². The summed E-state index contributed by atoms with van der Waals surface area (Å²) < 4.78 is 6.53. The summed E-state index contributed by atoms with van der Waals surface area (Å²) in [6.45, 7) is 6.70. The second kappa shape index (κ2) is 3.96. The summed E-state index contributed by atoms with van der Waals surface area (Å²) in [5.74, 6) is 1.07. The van der Waals surface area contributed by atoms with Crippen LogP contribution in [0.4, 0.5) is 0 Å². The number of halogens is 1. The van der Waals surface area contributed by atoms with Gasteiger partial charge in [0.15, 0.2) is 0 Å². The normalized spacial score (nSPS) is 18.9. The highest BCUT2D eigenvalue weighted by Gasteiger charge is 2.13. The molecule has 0 aromatic heterocycles. The molecule has 0 amide bonds. The summed E-state index contributed by atoms with van der Waals surface area (Å²) in [5.41, 5.74) is 1.17. The highest BCUT2D eigenvalue weighted by molar-refractivity contribution is 9.12. The number of hydrogen-bond donors (Lipinski definition) is 0. The fraction of sp³-hybridized carbons (Fsp3) is 0.556. The van der Waals surface area contributed by atoms with E-state index in [1.807, 2.05) is 6.92 Å². The minimum atomic E-state index is 0.748. The van der Waals surface area contributed by atoms with E-state index in [9.17, 15) is 0 Å². The molecule has 1 aliphatic carbocycles. The number of hydrogen-bond acceptors (Lipinski definition) is 1. The summed E-state index contributed by atoms with van der Waals surface area (Å²) in [4.78, 5) is 0. The van der Waals surface area contributed by atoms with Crippen LogP contribution in [0.3, 0.4) is 0 Å². The molecular formula is C9H13BrO. The van der Waals surface area contributed by atoms with E-state index in [4.69, 9.17) is 4.74 Å². The fourth-order valence-electron chi connectivity index (χ4n) is 1.19. The van der Waals surface area contributed by atoms with Crippen molar-refractivity contribution in [1.29, 1.82) is 0 Å². The molecule has 2 heteroatoms. The van der Waals surface area contributed by atoms with Gasteiger partial charge in [-0.25, -0.2) is 0 Å². The van der Waals surface area contributed by atoms with Crippen molar-refractivity contribution in [2.24, 2.45) is 0 Å². The van der Waals surface area contributed by atoms with E-state index < -0.39 is 0 Å². The molecule has 0 fully saturated rings. The van der Waals surface area contributed by atoms with Gasteiger partial charge in [0.2, 0.25) is 0 Å². The molecule has 11 heavy (non-hydrogen) atoms. The van der Waals surface area contributed by atoms with E-state index >= 15 is 0 Å². The van der Waals surface area contributed by atoms with Crippen LogP contribution in [-0.4, -0.2) is 6.61 Å². The molecule has 0 unspecified atom stereocenters. The van der Waals surface area contributed by atoms with Crippen molar-refractivity contribution < 1.29 is 4.74 Å². The molecule has 62 valence electrons. The van der Waals surface area contributed by atoms with E-state index in [0.29, 0.717) is 0 Å². The lowest BCUT2D eigenvalue weighted by molar-refractivity contribution is 0.213. The van der Waals surface area contributed by atoms with Gasteiger partial charge < -0.3 is 4.74 Å².